The lowest BCUT2D eigenvalue weighted by Gasteiger charge is -2.17. The first-order valence-corrected chi connectivity index (χ1v) is 5.19. The van der Waals surface area contributed by atoms with Crippen molar-refractivity contribution < 1.29 is 4.79 Å². The molecule has 0 atom stereocenters. The van der Waals surface area contributed by atoms with Crippen LogP contribution < -0.4 is 5.73 Å². The molecule has 0 amide bonds. The lowest BCUT2D eigenvalue weighted by atomic mass is 9.87. The molecule has 2 N–H and O–H groups in total. The van der Waals surface area contributed by atoms with Crippen LogP contribution in [0.3, 0.4) is 0 Å². The van der Waals surface area contributed by atoms with Gasteiger partial charge in [0.25, 0.3) is 0 Å². The van der Waals surface area contributed by atoms with Crippen LogP contribution >= 0.6 is 0 Å². The smallest absolute Gasteiger partial charge is 0.163 e. The predicted molar refractivity (Wildman–Crippen MR) is 64.0 cm³/mol. The lowest BCUT2D eigenvalue weighted by molar-refractivity contribution is 0.0939. The van der Waals surface area contributed by atoms with Crippen LogP contribution in [0.5, 0.6) is 0 Å². The molecule has 0 unspecified atom stereocenters. The van der Waals surface area contributed by atoms with Crippen LogP contribution in [0.2, 0.25) is 0 Å². The normalized spacial score (nSPS) is 11.5. The fourth-order valence-corrected chi connectivity index (χ4v) is 1.58. The third-order valence-electron chi connectivity index (χ3n) is 2.24. The van der Waals surface area contributed by atoms with Gasteiger partial charge in [-0.3, -0.25) is 4.79 Å². The monoisotopic (exact) mass is 205 g/mol. The van der Waals surface area contributed by atoms with E-state index in [2.05, 4.69) is 20.8 Å². The summed E-state index contributed by atoms with van der Waals surface area (Å²) in [6, 6.07) is 5.44. The zero-order valence-corrected chi connectivity index (χ0v) is 9.92. The summed E-state index contributed by atoms with van der Waals surface area (Å²) < 4.78 is 0. The van der Waals surface area contributed by atoms with Crippen molar-refractivity contribution in [1.82, 2.24) is 0 Å². The van der Waals surface area contributed by atoms with Crippen LogP contribution in [0, 0.1) is 12.3 Å². The van der Waals surface area contributed by atoms with Gasteiger partial charge >= 0.3 is 0 Å². The van der Waals surface area contributed by atoms with Crippen molar-refractivity contribution >= 4 is 11.5 Å². The van der Waals surface area contributed by atoms with E-state index in [9.17, 15) is 4.79 Å². The minimum absolute atomic E-state index is 0.0326. The molecule has 2 heteroatoms. The first-order valence-electron chi connectivity index (χ1n) is 5.19. The van der Waals surface area contributed by atoms with Gasteiger partial charge in [-0.1, -0.05) is 20.8 Å². The second-order valence-electron chi connectivity index (χ2n) is 5.23. The number of nitrogen functional groups attached to an aromatic ring is 1. The summed E-state index contributed by atoms with van der Waals surface area (Å²) in [5, 5.41) is 0. The predicted octanol–water partition coefficient (Wildman–Crippen LogP) is 3.20. The van der Waals surface area contributed by atoms with E-state index in [1.807, 2.05) is 19.1 Å². The van der Waals surface area contributed by atoms with Gasteiger partial charge in [-0.05, 0) is 36.1 Å². The van der Waals surface area contributed by atoms with Crippen molar-refractivity contribution in [3.63, 3.8) is 0 Å². The van der Waals surface area contributed by atoms with Crippen molar-refractivity contribution in [2.24, 2.45) is 5.41 Å². The second kappa shape index (κ2) is 4.05. The van der Waals surface area contributed by atoms with Gasteiger partial charge in [0, 0.05) is 17.7 Å². The highest BCUT2D eigenvalue weighted by Crippen LogP contribution is 2.23. The number of rotatable bonds is 2. The first kappa shape index (κ1) is 11.8. The maximum Gasteiger partial charge on any atom is 0.163 e. The largest absolute Gasteiger partial charge is 0.399 e. The Morgan fingerprint density at radius 2 is 1.93 bits per heavy atom. The standard InChI is InChI=1S/C13H19NO/c1-9-7-10(14)5-6-11(9)12(15)8-13(2,3)4/h5-7H,8,14H2,1-4H3. The Labute approximate surface area is 91.5 Å². The van der Waals surface area contributed by atoms with Gasteiger partial charge in [-0.2, -0.15) is 0 Å². The topological polar surface area (TPSA) is 43.1 Å². The fraction of sp³-hybridized carbons (Fsp3) is 0.462. The molecule has 15 heavy (non-hydrogen) atoms. The third-order valence-corrected chi connectivity index (χ3v) is 2.24. The molecule has 0 radical (unpaired) electrons. The van der Waals surface area contributed by atoms with Crippen molar-refractivity contribution in [2.45, 2.75) is 34.1 Å². The molecule has 82 valence electrons. The molecule has 0 fully saturated rings. The average Bonchev–Trinajstić information content (AvgIpc) is 1.99. The highest BCUT2D eigenvalue weighted by atomic mass is 16.1. The van der Waals surface area contributed by atoms with Crippen LogP contribution in [-0.4, -0.2) is 5.78 Å². The Kier molecular flexibility index (Phi) is 3.18. The van der Waals surface area contributed by atoms with Gasteiger partial charge < -0.3 is 5.73 Å². The van der Waals surface area contributed by atoms with Gasteiger partial charge in [0.15, 0.2) is 5.78 Å². The van der Waals surface area contributed by atoms with Crippen molar-refractivity contribution in [3.8, 4) is 0 Å². The highest BCUT2D eigenvalue weighted by Gasteiger charge is 2.18. The first-order chi connectivity index (χ1) is 6.79. The molecular formula is C13H19NO. The molecule has 0 spiro atoms. The Morgan fingerprint density at radius 3 is 2.40 bits per heavy atom. The molecule has 2 nitrogen and oxygen atoms in total. The van der Waals surface area contributed by atoms with E-state index in [-0.39, 0.29) is 11.2 Å². The fourth-order valence-electron chi connectivity index (χ4n) is 1.58. The molecule has 0 saturated heterocycles. The quantitative estimate of drug-likeness (QED) is 0.595. The molecule has 0 saturated carbocycles. The maximum atomic E-state index is 12.0. The molecule has 1 rings (SSSR count). The van der Waals surface area contributed by atoms with Gasteiger partial charge in [0.1, 0.15) is 0 Å². The van der Waals surface area contributed by atoms with E-state index >= 15 is 0 Å². The third kappa shape index (κ3) is 3.39. The molecule has 0 heterocycles. The van der Waals surface area contributed by atoms with Gasteiger partial charge in [-0.25, -0.2) is 0 Å². The summed E-state index contributed by atoms with van der Waals surface area (Å²) in [6.07, 6.45) is 0.567. The Hall–Kier alpha value is -1.31. The summed E-state index contributed by atoms with van der Waals surface area (Å²) in [7, 11) is 0. The number of carbonyl (C=O) groups excluding carboxylic acids is 1. The van der Waals surface area contributed by atoms with Crippen LogP contribution in [0.1, 0.15) is 43.1 Å². The van der Waals surface area contributed by atoms with Crippen LogP contribution in [0.25, 0.3) is 0 Å². The molecule has 1 aromatic carbocycles. The average molecular weight is 205 g/mol. The molecular weight excluding hydrogens is 186 g/mol. The van der Waals surface area contributed by atoms with Gasteiger partial charge in [0.2, 0.25) is 0 Å². The number of ketones is 1. The maximum absolute atomic E-state index is 12.0. The zero-order chi connectivity index (χ0) is 11.6. The Morgan fingerprint density at radius 1 is 1.33 bits per heavy atom. The highest BCUT2D eigenvalue weighted by molar-refractivity contribution is 5.98. The van der Waals surface area contributed by atoms with E-state index in [0.29, 0.717) is 12.1 Å². The zero-order valence-electron chi connectivity index (χ0n) is 9.92. The van der Waals surface area contributed by atoms with E-state index in [1.54, 1.807) is 6.07 Å². The lowest BCUT2D eigenvalue weighted by Crippen LogP contribution is -2.14. The number of anilines is 1. The molecule has 0 aliphatic rings. The minimum atomic E-state index is 0.0326. The SMILES string of the molecule is Cc1cc(N)ccc1C(=O)CC(C)(C)C. The Balaban J connectivity index is 2.92. The van der Waals surface area contributed by atoms with Gasteiger partial charge in [-0.15, -0.1) is 0 Å². The number of hydrogen-bond donors (Lipinski definition) is 1. The van der Waals surface area contributed by atoms with Crippen LogP contribution in [-0.2, 0) is 0 Å². The van der Waals surface area contributed by atoms with Crippen LogP contribution in [0.15, 0.2) is 18.2 Å². The minimum Gasteiger partial charge on any atom is -0.399 e. The number of hydrogen-bond acceptors (Lipinski definition) is 2. The summed E-state index contributed by atoms with van der Waals surface area (Å²) >= 11 is 0. The van der Waals surface area contributed by atoms with Gasteiger partial charge in [0.05, 0.1) is 0 Å². The van der Waals surface area contributed by atoms with Crippen molar-refractivity contribution in [3.05, 3.63) is 29.3 Å². The van der Waals surface area contributed by atoms with E-state index < -0.39 is 0 Å². The number of Topliss-reactive ketones (excluding diaryl/α,β-unsaturated/α-hetero) is 1. The number of benzene rings is 1. The number of nitrogens with two attached hydrogens (primary N) is 1. The number of carbonyl (C=O) groups is 1. The summed E-state index contributed by atoms with van der Waals surface area (Å²) in [5.41, 5.74) is 8.14. The van der Waals surface area contributed by atoms with E-state index in [0.717, 1.165) is 11.1 Å². The van der Waals surface area contributed by atoms with E-state index in [1.165, 1.54) is 0 Å². The summed E-state index contributed by atoms with van der Waals surface area (Å²) in [5.74, 6) is 0.194. The molecule has 1 aromatic rings. The van der Waals surface area contributed by atoms with Crippen molar-refractivity contribution in [1.29, 1.82) is 0 Å². The molecule has 0 aliphatic carbocycles. The second-order valence-corrected chi connectivity index (χ2v) is 5.23. The van der Waals surface area contributed by atoms with Crippen molar-refractivity contribution in [2.75, 3.05) is 5.73 Å². The summed E-state index contributed by atoms with van der Waals surface area (Å²) in [4.78, 5) is 12.0. The van der Waals surface area contributed by atoms with Crippen LogP contribution in [0.4, 0.5) is 5.69 Å². The molecule has 0 aromatic heterocycles. The molecule has 0 aliphatic heterocycles. The Bertz CT molecular complexity index is 375. The molecule has 0 bridgehead atoms. The van der Waals surface area contributed by atoms with E-state index in [4.69, 9.17) is 5.73 Å². The summed E-state index contributed by atoms with van der Waals surface area (Å²) in [6.45, 7) is 8.12. The number of aryl methyl sites for hydroxylation is 1.